The molecule has 3 rings (SSSR count). The van der Waals surface area contributed by atoms with Crippen molar-refractivity contribution in [3.63, 3.8) is 0 Å². The van der Waals surface area contributed by atoms with Gasteiger partial charge in [0, 0.05) is 14.2 Å². The molecule has 5 nitrogen and oxygen atoms in total. The molecular formula is C25H40BN3O2. The topological polar surface area (TPSA) is 68.4 Å². The number of aliphatic hydroxyl groups excluding tert-OH is 1. The van der Waals surface area contributed by atoms with Gasteiger partial charge < -0.3 is 15.0 Å². The highest BCUT2D eigenvalue weighted by atomic mass is 16.3. The monoisotopic (exact) mass is 425 g/mol. The Labute approximate surface area is 190 Å². The maximum absolute atomic E-state index is 9.09. The number of phenolic OH excluding ortho intramolecular Hbond substituents is 1. The van der Waals surface area contributed by atoms with Gasteiger partial charge in [-0.15, -0.1) is 0 Å². The first kappa shape index (κ1) is 33.0. The molecule has 31 heavy (non-hydrogen) atoms. The maximum atomic E-state index is 9.09. The quantitative estimate of drug-likeness (QED) is 0.340. The van der Waals surface area contributed by atoms with Crippen LogP contribution in [0.15, 0.2) is 83.0 Å². The molecule has 0 unspecified atom stereocenters. The van der Waals surface area contributed by atoms with E-state index in [-0.39, 0.29) is 5.75 Å². The van der Waals surface area contributed by atoms with Gasteiger partial charge in [0.1, 0.15) is 11.4 Å². The summed E-state index contributed by atoms with van der Waals surface area (Å²) in [6.07, 6.45) is 1.25. The zero-order valence-corrected chi connectivity index (χ0v) is 20.4. The Bertz CT molecular complexity index is 713. The third-order valence-electron chi connectivity index (χ3n) is 2.75. The first-order valence-corrected chi connectivity index (χ1v) is 10.3. The minimum absolute atomic E-state index is 0.160. The number of hydrogen-bond donors (Lipinski definition) is 2. The van der Waals surface area contributed by atoms with Crippen molar-refractivity contribution in [3.8, 4) is 5.75 Å². The van der Waals surface area contributed by atoms with E-state index >= 15 is 0 Å². The molecule has 170 valence electrons. The Morgan fingerprint density at radius 3 is 1.35 bits per heavy atom. The van der Waals surface area contributed by atoms with Crippen molar-refractivity contribution < 1.29 is 10.2 Å². The van der Waals surface area contributed by atoms with Gasteiger partial charge in [-0.2, -0.15) is 10.2 Å². The standard InChI is InChI=1S/C10H8.C7H8N2O.C3H8.C2H6BN.C2H6.CH4O/c1-2-6-10-8-4-3-7-9(10)5-1;1-8-9-6-4-2-3-5-7(6)10;1-3-2;1-4(2)3;2*1-2/h1-8H;2-5,10H,1H3;3H2,1-2H3;1-2H3;1-2H3;2H,1H3. The fourth-order valence-electron chi connectivity index (χ4n) is 1.79. The Kier molecular flexibility index (Phi) is 26.9. The van der Waals surface area contributed by atoms with Crippen molar-refractivity contribution in [2.24, 2.45) is 10.2 Å². The van der Waals surface area contributed by atoms with Gasteiger partial charge in [0.25, 0.3) is 0 Å². The van der Waals surface area contributed by atoms with Crippen molar-refractivity contribution >= 4 is 24.4 Å². The molecule has 0 aliphatic rings. The van der Waals surface area contributed by atoms with Gasteiger partial charge in [0.05, 0.1) is 0 Å². The molecule has 0 aromatic heterocycles. The summed E-state index contributed by atoms with van der Waals surface area (Å²) in [7, 11) is 11.1. The lowest BCUT2D eigenvalue weighted by molar-refractivity contribution is 0.399. The average molecular weight is 425 g/mol. The van der Waals surface area contributed by atoms with E-state index in [4.69, 9.17) is 18.2 Å². The molecule has 0 heterocycles. The summed E-state index contributed by atoms with van der Waals surface area (Å²) in [5.41, 5.74) is 0.505. The van der Waals surface area contributed by atoms with Gasteiger partial charge in [0.15, 0.2) is 7.98 Å². The van der Waals surface area contributed by atoms with Gasteiger partial charge >= 0.3 is 0 Å². The van der Waals surface area contributed by atoms with Crippen LogP contribution in [0.3, 0.4) is 0 Å². The number of rotatable bonds is 1. The van der Waals surface area contributed by atoms with Crippen LogP contribution in [-0.2, 0) is 0 Å². The number of azo groups is 1. The van der Waals surface area contributed by atoms with E-state index in [0.717, 1.165) is 7.11 Å². The molecule has 3 aromatic rings. The van der Waals surface area contributed by atoms with E-state index in [0.29, 0.717) is 5.69 Å². The molecule has 0 bridgehead atoms. The van der Waals surface area contributed by atoms with Gasteiger partial charge in [0.2, 0.25) is 0 Å². The van der Waals surface area contributed by atoms with Crippen LogP contribution < -0.4 is 0 Å². The predicted octanol–water partition coefficient (Wildman–Crippen LogP) is 6.63. The molecule has 2 N–H and O–H groups in total. The van der Waals surface area contributed by atoms with Crippen molar-refractivity contribution in [1.29, 1.82) is 0 Å². The summed E-state index contributed by atoms with van der Waals surface area (Å²) in [5.74, 6) is 0.160. The number of hydrogen-bond acceptors (Lipinski definition) is 5. The van der Waals surface area contributed by atoms with Crippen LogP contribution in [0.1, 0.15) is 34.1 Å². The van der Waals surface area contributed by atoms with E-state index < -0.39 is 0 Å². The van der Waals surface area contributed by atoms with Crippen LogP contribution in [-0.4, -0.2) is 51.3 Å². The second-order valence-electron chi connectivity index (χ2n) is 5.81. The summed E-state index contributed by atoms with van der Waals surface area (Å²) in [6, 6.07) is 23.5. The number of para-hydroxylation sites is 1. The molecule has 3 aromatic carbocycles. The fourth-order valence-corrected chi connectivity index (χ4v) is 1.79. The Morgan fingerprint density at radius 1 is 0.774 bits per heavy atom. The minimum atomic E-state index is 0.160. The van der Waals surface area contributed by atoms with Gasteiger partial charge in [-0.1, -0.05) is 94.8 Å². The van der Waals surface area contributed by atoms with Crippen LogP contribution in [0.5, 0.6) is 5.75 Å². The molecule has 0 saturated heterocycles. The average Bonchev–Trinajstić information content (AvgIpc) is 2.79. The largest absolute Gasteiger partial charge is 0.506 e. The highest BCUT2D eigenvalue weighted by Crippen LogP contribution is 2.24. The van der Waals surface area contributed by atoms with Crippen molar-refractivity contribution in [1.82, 2.24) is 4.81 Å². The number of phenols is 1. The first-order chi connectivity index (χ1) is 15.0. The number of aliphatic hydroxyl groups is 1. The molecule has 0 fully saturated rings. The van der Waals surface area contributed by atoms with E-state index in [1.807, 2.05) is 13.8 Å². The molecule has 0 atom stereocenters. The molecule has 0 saturated carbocycles. The van der Waals surface area contributed by atoms with Gasteiger partial charge in [-0.25, -0.2) is 0 Å². The molecule has 0 aliphatic heterocycles. The Balaban J connectivity index is -0.000000350. The summed E-state index contributed by atoms with van der Waals surface area (Å²) < 4.78 is 0. The first-order valence-electron chi connectivity index (χ1n) is 10.3. The normalized spacial score (nSPS) is 8.71. The molecule has 0 aliphatic carbocycles. The highest BCUT2D eigenvalue weighted by Gasteiger charge is 1.93. The lowest BCUT2D eigenvalue weighted by atomic mass is 10.1. The lowest BCUT2D eigenvalue weighted by Crippen LogP contribution is -2.02. The van der Waals surface area contributed by atoms with Crippen molar-refractivity contribution in [3.05, 3.63) is 72.8 Å². The highest BCUT2D eigenvalue weighted by molar-refractivity contribution is 6.03. The fraction of sp³-hybridized carbons (Fsp3) is 0.360. The second kappa shape index (κ2) is 25.3. The van der Waals surface area contributed by atoms with Gasteiger partial charge in [-0.3, -0.25) is 0 Å². The van der Waals surface area contributed by atoms with Crippen LogP contribution >= 0.6 is 0 Å². The Morgan fingerprint density at radius 2 is 1.06 bits per heavy atom. The van der Waals surface area contributed by atoms with E-state index in [9.17, 15) is 0 Å². The molecule has 2 radical (unpaired) electrons. The van der Waals surface area contributed by atoms with Crippen LogP contribution in [0.25, 0.3) is 10.8 Å². The number of fused-ring (bicyclic) bond motifs is 1. The Hall–Kier alpha value is -2.70. The van der Waals surface area contributed by atoms with E-state index in [2.05, 4.69) is 72.6 Å². The van der Waals surface area contributed by atoms with Crippen LogP contribution in [0.4, 0.5) is 5.69 Å². The third-order valence-corrected chi connectivity index (χ3v) is 2.75. The van der Waals surface area contributed by atoms with E-state index in [1.165, 1.54) is 22.0 Å². The molecule has 0 amide bonds. The zero-order valence-electron chi connectivity index (χ0n) is 20.4. The molecule has 6 heteroatoms. The number of aromatic hydroxyl groups is 1. The molecule has 0 spiro atoms. The summed E-state index contributed by atoms with van der Waals surface area (Å²) >= 11 is 0. The number of benzene rings is 3. The van der Waals surface area contributed by atoms with E-state index in [1.54, 1.807) is 45.4 Å². The second-order valence-corrected chi connectivity index (χ2v) is 5.81. The maximum Gasteiger partial charge on any atom is 0.181 e. The third kappa shape index (κ3) is 20.4. The number of nitrogens with zero attached hydrogens (tertiary/aromatic N) is 3. The van der Waals surface area contributed by atoms with Crippen LogP contribution in [0, 0.1) is 0 Å². The van der Waals surface area contributed by atoms with Gasteiger partial charge in [-0.05, 0) is 37.0 Å². The predicted molar refractivity (Wildman–Crippen MR) is 137 cm³/mol. The minimum Gasteiger partial charge on any atom is -0.506 e. The van der Waals surface area contributed by atoms with Crippen LogP contribution in [0.2, 0.25) is 0 Å². The van der Waals surface area contributed by atoms with Crippen molar-refractivity contribution in [2.45, 2.75) is 34.1 Å². The summed E-state index contributed by atoms with van der Waals surface area (Å²) in [5, 5.41) is 25.9. The molecular weight excluding hydrogens is 385 g/mol. The summed E-state index contributed by atoms with van der Waals surface area (Å²) in [6.45, 7) is 8.25. The SMILES string of the molecule is CC.CCC.CN=Nc1ccccc1O.CO.[B]N(C)C.c1ccc2ccccc2c1. The van der Waals surface area contributed by atoms with Crippen molar-refractivity contribution in [2.75, 3.05) is 28.3 Å². The summed E-state index contributed by atoms with van der Waals surface area (Å²) in [4.78, 5) is 1.50. The zero-order chi connectivity index (χ0) is 24.5. The lowest BCUT2D eigenvalue weighted by Gasteiger charge is -1.92. The smallest absolute Gasteiger partial charge is 0.181 e.